The predicted molar refractivity (Wildman–Crippen MR) is 126 cm³/mol. The van der Waals surface area contributed by atoms with Crippen molar-refractivity contribution in [1.29, 1.82) is 0 Å². The Balaban J connectivity index is 1.53. The van der Waals surface area contributed by atoms with E-state index in [0.29, 0.717) is 12.8 Å². The second-order valence-electron chi connectivity index (χ2n) is 8.29. The fourth-order valence-electron chi connectivity index (χ4n) is 4.54. The molecule has 1 heterocycles. The molecular weight excluding hydrogens is 398 g/mol. The van der Waals surface area contributed by atoms with Crippen LogP contribution in [0.1, 0.15) is 42.0 Å². The van der Waals surface area contributed by atoms with Crippen LogP contribution in [-0.4, -0.2) is 19.0 Å². The molecule has 3 aromatic carbocycles. The standard InChI is InChI=1S/C28H29NO3/c1-32-26(30)19-18-22-13-8-14-23(20-22)27-25(17-9-12-21-10-4-2-5-11-21)28(31)29(27)24-15-6-3-7-16-24/h2-8,10-11,13-16,20,25,27H,9,12,17-19H2,1H3/t25-,27-/m0/s1. The number of nitrogens with zero attached hydrogens (tertiary/aromatic N) is 1. The fraction of sp³-hybridized carbons (Fsp3) is 0.286. The molecule has 164 valence electrons. The van der Waals surface area contributed by atoms with Gasteiger partial charge in [-0.15, -0.1) is 0 Å². The molecule has 1 aliphatic heterocycles. The summed E-state index contributed by atoms with van der Waals surface area (Å²) in [6.45, 7) is 0. The summed E-state index contributed by atoms with van der Waals surface area (Å²) in [5.74, 6) is -0.0528. The van der Waals surface area contributed by atoms with Crippen molar-refractivity contribution in [2.75, 3.05) is 12.0 Å². The SMILES string of the molecule is COC(=O)CCc1cccc([C@H]2[C@H](CCCc3ccccc3)C(=O)N2c2ccccc2)c1. The minimum atomic E-state index is -0.209. The lowest BCUT2D eigenvalue weighted by Gasteiger charge is -2.48. The molecule has 0 aliphatic carbocycles. The van der Waals surface area contributed by atoms with Gasteiger partial charge in [-0.2, -0.15) is 0 Å². The monoisotopic (exact) mass is 427 g/mol. The maximum Gasteiger partial charge on any atom is 0.305 e. The third kappa shape index (κ3) is 4.91. The first-order valence-corrected chi connectivity index (χ1v) is 11.2. The molecule has 0 bridgehead atoms. The Bertz CT molecular complexity index is 1050. The number of carbonyl (C=O) groups excluding carboxylic acids is 2. The Morgan fingerprint density at radius 2 is 1.56 bits per heavy atom. The lowest BCUT2D eigenvalue weighted by Crippen LogP contribution is -2.55. The molecule has 4 nitrogen and oxygen atoms in total. The van der Waals surface area contributed by atoms with E-state index in [1.807, 2.05) is 53.4 Å². The lowest BCUT2D eigenvalue weighted by atomic mass is 9.78. The summed E-state index contributed by atoms with van der Waals surface area (Å²) >= 11 is 0. The summed E-state index contributed by atoms with van der Waals surface area (Å²) in [6.07, 6.45) is 3.79. The summed E-state index contributed by atoms with van der Waals surface area (Å²) in [4.78, 5) is 26.7. The number of anilines is 1. The number of rotatable bonds is 9. The molecule has 3 aromatic rings. The summed E-state index contributed by atoms with van der Waals surface area (Å²) in [6, 6.07) is 28.6. The van der Waals surface area contributed by atoms with E-state index in [2.05, 4.69) is 36.4 Å². The number of esters is 1. The lowest BCUT2D eigenvalue weighted by molar-refractivity contribution is -0.140. The molecule has 32 heavy (non-hydrogen) atoms. The van der Waals surface area contributed by atoms with E-state index < -0.39 is 0 Å². The van der Waals surface area contributed by atoms with Crippen LogP contribution >= 0.6 is 0 Å². The first kappa shape index (κ1) is 21.8. The van der Waals surface area contributed by atoms with Gasteiger partial charge in [0.2, 0.25) is 5.91 Å². The van der Waals surface area contributed by atoms with E-state index in [4.69, 9.17) is 4.74 Å². The second kappa shape index (κ2) is 10.3. The van der Waals surface area contributed by atoms with Crippen LogP contribution in [0.4, 0.5) is 5.69 Å². The van der Waals surface area contributed by atoms with Gasteiger partial charge in [0, 0.05) is 12.1 Å². The van der Waals surface area contributed by atoms with Crippen molar-refractivity contribution < 1.29 is 14.3 Å². The molecule has 1 fully saturated rings. The van der Waals surface area contributed by atoms with E-state index in [0.717, 1.165) is 36.1 Å². The van der Waals surface area contributed by atoms with Gasteiger partial charge >= 0.3 is 5.97 Å². The average Bonchev–Trinajstić information content (AvgIpc) is 2.84. The van der Waals surface area contributed by atoms with Gasteiger partial charge in [-0.25, -0.2) is 0 Å². The highest BCUT2D eigenvalue weighted by molar-refractivity contribution is 6.03. The summed E-state index contributed by atoms with van der Waals surface area (Å²) < 4.78 is 4.78. The Morgan fingerprint density at radius 1 is 0.875 bits per heavy atom. The molecule has 0 aromatic heterocycles. The molecular formula is C28H29NO3. The molecule has 0 N–H and O–H groups in total. The third-order valence-corrected chi connectivity index (χ3v) is 6.21. The fourth-order valence-corrected chi connectivity index (χ4v) is 4.54. The van der Waals surface area contributed by atoms with Crippen LogP contribution in [0, 0.1) is 5.92 Å². The molecule has 1 aliphatic rings. The van der Waals surface area contributed by atoms with Gasteiger partial charge < -0.3 is 9.64 Å². The van der Waals surface area contributed by atoms with E-state index in [1.165, 1.54) is 12.7 Å². The Labute approximate surface area is 189 Å². The van der Waals surface area contributed by atoms with Gasteiger partial charge in [-0.3, -0.25) is 9.59 Å². The molecule has 4 rings (SSSR count). The molecule has 1 saturated heterocycles. The second-order valence-corrected chi connectivity index (χ2v) is 8.29. The topological polar surface area (TPSA) is 46.6 Å². The van der Waals surface area contributed by atoms with Gasteiger partial charge in [0.15, 0.2) is 0 Å². The third-order valence-electron chi connectivity index (χ3n) is 6.21. The van der Waals surface area contributed by atoms with Crippen molar-refractivity contribution in [2.24, 2.45) is 5.92 Å². The van der Waals surface area contributed by atoms with Crippen LogP contribution in [-0.2, 0) is 27.2 Å². The van der Waals surface area contributed by atoms with Crippen LogP contribution in [0.25, 0.3) is 0 Å². The number of amides is 1. The van der Waals surface area contributed by atoms with Crippen LogP contribution in [0.2, 0.25) is 0 Å². The molecule has 1 amide bonds. The minimum Gasteiger partial charge on any atom is -0.469 e. The van der Waals surface area contributed by atoms with E-state index in [9.17, 15) is 9.59 Å². The first-order valence-electron chi connectivity index (χ1n) is 11.2. The van der Waals surface area contributed by atoms with Gasteiger partial charge in [-0.1, -0.05) is 72.8 Å². The van der Waals surface area contributed by atoms with Crippen LogP contribution < -0.4 is 4.90 Å². The number of hydrogen-bond acceptors (Lipinski definition) is 3. The van der Waals surface area contributed by atoms with E-state index in [-0.39, 0.29) is 23.8 Å². The highest BCUT2D eigenvalue weighted by Crippen LogP contribution is 2.45. The zero-order valence-electron chi connectivity index (χ0n) is 18.4. The number of methoxy groups -OCH3 is 1. The summed E-state index contributed by atoms with van der Waals surface area (Å²) in [5.41, 5.74) is 4.45. The van der Waals surface area contributed by atoms with Gasteiger partial charge in [0.25, 0.3) is 0 Å². The van der Waals surface area contributed by atoms with Crippen molar-refractivity contribution in [3.8, 4) is 0 Å². The average molecular weight is 428 g/mol. The molecule has 4 heteroatoms. The minimum absolute atomic E-state index is 0.0127. The predicted octanol–water partition coefficient (Wildman–Crippen LogP) is 5.52. The number of β-lactam (4-membered cyclic amide) rings is 1. The van der Waals surface area contributed by atoms with Crippen molar-refractivity contribution in [1.82, 2.24) is 0 Å². The van der Waals surface area contributed by atoms with E-state index >= 15 is 0 Å². The maximum atomic E-state index is 13.2. The molecule has 0 saturated carbocycles. The highest BCUT2D eigenvalue weighted by Gasteiger charge is 2.48. The van der Waals surface area contributed by atoms with Gasteiger partial charge in [0.1, 0.15) is 0 Å². The van der Waals surface area contributed by atoms with Crippen molar-refractivity contribution in [3.05, 3.63) is 102 Å². The van der Waals surface area contributed by atoms with Crippen molar-refractivity contribution in [3.63, 3.8) is 0 Å². The van der Waals surface area contributed by atoms with E-state index in [1.54, 1.807) is 0 Å². The number of ether oxygens (including phenoxy) is 1. The molecule has 2 atom stereocenters. The Morgan fingerprint density at radius 3 is 2.28 bits per heavy atom. The molecule has 0 spiro atoms. The number of para-hydroxylation sites is 1. The zero-order valence-corrected chi connectivity index (χ0v) is 18.4. The quantitative estimate of drug-likeness (QED) is 0.334. The first-order chi connectivity index (χ1) is 15.7. The summed E-state index contributed by atoms with van der Waals surface area (Å²) in [5, 5.41) is 0. The molecule has 0 unspecified atom stereocenters. The van der Waals surface area contributed by atoms with Crippen molar-refractivity contribution >= 4 is 17.6 Å². The molecule has 0 radical (unpaired) electrons. The Hall–Kier alpha value is -3.40. The van der Waals surface area contributed by atoms with Gasteiger partial charge in [-0.05, 0) is 54.5 Å². The summed E-state index contributed by atoms with van der Waals surface area (Å²) in [7, 11) is 1.41. The number of benzene rings is 3. The Kier molecular flexibility index (Phi) is 7.00. The number of aryl methyl sites for hydroxylation is 2. The zero-order chi connectivity index (χ0) is 22.3. The number of carbonyl (C=O) groups is 2. The maximum absolute atomic E-state index is 13.2. The van der Waals surface area contributed by atoms with Crippen LogP contribution in [0.15, 0.2) is 84.9 Å². The van der Waals surface area contributed by atoms with Crippen molar-refractivity contribution in [2.45, 2.75) is 38.1 Å². The van der Waals surface area contributed by atoms with Crippen LogP contribution in [0.3, 0.4) is 0 Å². The van der Waals surface area contributed by atoms with Gasteiger partial charge in [0.05, 0.1) is 19.1 Å². The highest BCUT2D eigenvalue weighted by atomic mass is 16.5. The largest absolute Gasteiger partial charge is 0.469 e. The smallest absolute Gasteiger partial charge is 0.305 e. The number of hydrogen-bond donors (Lipinski definition) is 0. The normalized spacial score (nSPS) is 17.7. The van der Waals surface area contributed by atoms with Crippen LogP contribution in [0.5, 0.6) is 0 Å².